The van der Waals surface area contributed by atoms with E-state index >= 15 is 0 Å². The molecule has 1 aromatic carbocycles. The maximum Gasteiger partial charge on any atom is 0.259 e. The first-order chi connectivity index (χ1) is 12.1. The van der Waals surface area contributed by atoms with Gasteiger partial charge < -0.3 is 15.1 Å². The monoisotopic (exact) mass is 338 g/mol. The molecule has 0 unspecified atom stereocenters. The topological polar surface area (TPSA) is 65.5 Å². The molecule has 2 amide bonds. The molecule has 6 nitrogen and oxygen atoms in total. The van der Waals surface area contributed by atoms with E-state index in [9.17, 15) is 9.59 Å². The van der Waals surface area contributed by atoms with Crippen molar-refractivity contribution < 1.29 is 9.59 Å². The van der Waals surface area contributed by atoms with Crippen LogP contribution in [0.15, 0.2) is 42.6 Å². The molecule has 0 spiro atoms. The highest BCUT2D eigenvalue weighted by Gasteiger charge is 2.20. The van der Waals surface area contributed by atoms with Gasteiger partial charge in [-0.25, -0.2) is 4.98 Å². The number of nitrogens with one attached hydrogen (secondary N) is 1. The third kappa shape index (κ3) is 3.79. The zero-order valence-electron chi connectivity index (χ0n) is 14.5. The fraction of sp³-hybridized carbons (Fsp3) is 0.316. The lowest BCUT2D eigenvalue weighted by Crippen LogP contribution is -2.27. The number of benzene rings is 1. The molecule has 6 heteroatoms. The summed E-state index contributed by atoms with van der Waals surface area (Å²) in [7, 11) is 3.68. The van der Waals surface area contributed by atoms with E-state index in [1.54, 1.807) is 47.5 Å². The number of rotatable bonds is 4. The van der Waals surface area contributed by atoms with Crippen molar-refractivity contribution in [3.63, 3.8) is 0 Å². The van der Waals surface area contributed by atoms with E-state index < -0.39 is 0 Å². The molecule has 0 saturated carbocycles. The second-order valence-electron chi connectivity index (χ2n) is 6.30. The van der Waals surface area contributed by atoms with Crippen molar-refractivity contribution in [2.45, 2.75) is 12.8 Å². The minimum absolute atomic E-state index is 0.0176. The molecule has 2 aromatic rings. The van der Waals surface area contributed by atoms with Crippen molar-refractivity contribution in [1.82, 2.24) is 9.88 Å². The van der Waals surface area contributed by atoms with Gasteiger partial charge in [0.15, 0.2) is 0 Å². The minimum atomic E-state index is -0.248. The fourth-order valence-corrected chi connectivity index (χ4v) is 2.96. The number of pyridine rings is 1. The lowest BCUT2D eigenvalue weighted by atomic mass is 10.1. The molecule has 1 fully saturated rings. The van der Waals surface area contributed by atoms with Gasteiger partial charge in [0.05, 0.1) is 5.56 Å². The Morgan fingerprint density at radius 1 is 1.12 bits per heavy atom. The molecule has 3 rings (SSSR count). The maximum atomic E-state index is 12.6. The first-order valence-corrected chi connectivity index (χ1v) is 8.39. The Bertz CT molecular complexity index is 782. The molecule has 1 aliphatic heterocycles. The fourth-order valence-electron chi connectivity index (χ4n) is 2.96. The average molecular weight is 338 g/mol. The molecule has 130 valence electrons. The lowest BCUT2D eigenvalue weighted by molar-refractivity contribution is 0.0792. The molecule has 2 heterocycles. The first-order valence-electron chi connectivity index (χ1n) is 8.39. The summed E-state index contributed by atoms with van der Waals surface area (Å²) in [5.74, 6) is 0.371. The van der Waals surface area contributed by atoms with Gasteiger partial charge in [-0.1, -0.05) is 6.07 Å². The van der Waals surface area contributed by atoms with Gasteiger partial charge in [-0.3, -0.25) is 9.59 Å². The normalized spacial score (nSPS) is 13.6. The zero-order chi connectivity index (χ0) is 17.8. The molecule has 0 atom stereocenters. The van der Waals surface area contributed by atoms with Crippen LogP contribution in [-0.4, -0.2) is 48.9 Å². The number of likely N-dealkylation sites (tertiary alicyclic amines) is 1. The Morgan fingerprint density at radius 3 is 2.60 bits per heavy atom. The van der Waals surface area contributed by atoms with Crippen LogP contribution < -0.4 is 10.2 Å². The Hall–Kier alpha value is -2.89. The number of nitrogens with zero attached hydrogens (tertiary/aromatic N) is 3. The Balaban J connectivity index is 1.78. The van der Waals surface area contributed by atoms with Gasteiger partial charge in [0.2, 0.25) is 0 Å². The summed E-state index contributed by atoms with van der Waals surface area (Å²) in [6.45, 7) is 1.61. The van der Waals surface area contributed by atoms with Crippen LogP contribution in [0.1, 0.15) is 33.6 Å². The van der Waals surface area contributed by atoms with Crippen LogP contribution in [0.25, 0.3) is 0 Å². The number of hydrogen-bond donors (Lipinski definition) is 1. The van der Waals surface area contributed by atoms with Crippen LogP contribution in [0.3, 0.4) is 0 Å². The van der Waals surface area contributed by atoms with Crippen LogP contribution >= 0.6 is 0 Å². The molecule has 0 aliphatic carbocycles. The molecule has 25 heavy (non-hydrogen) atoms. The summed E-state index contributed by atoms with van der Waals surface area (Å²) in [4.78, 5) is 33.0. The standard InChI is InChI=1S/C19H22N4O2/c1-22(2)17-16(9-6-10-20-17)18(24)21-15-8-5-7-14(13-15)19(25)23-11-3-4-12-23/h5-10,13H,3-4,11-12H2,1-2H3,(H,21,24). The number of carbonyl (C=O) groups is 2. The number of carbonyl (C=O) groups excluding carboxylic acids is 2. The quantitative estimate of drug-likeness (QED) is 0.931. The predicted octanol–water partition coefficient (Wildman–Crippen LogP) is 2.64. The molecule has 1 aliphatic rings. The third-order valence-corrected chi connectivity index (χ3v) is 4.22. The minimum Gasteiger partial charge on any atom is -0.362 e. The van der Waals surface area contributed by atoms with Crippen molar-refractivity contribution in [1.29, 1.82) is 0 Å². The molecule has 1 saturated heterocycles. The molecular formula is C19H22N4O2. The highest BCUT2D eigenvalue weighted by Crippen LogP contribution is 2.19. The summed E-state index contributed by atoms with van der Waals surface area (Å²) in [5.41, 5.74) is 1.69. The van der Waals surface area contributed by atoms with Gasteiger partial charge in [-0.05, 0) is 43.2 Å². The second-order valence-corrected chi connectivity index (χ2v) is 6.30. The summed E-state index contributed by atoms with van der Waals surface area (Å²) in [5, 5.41) is 2.86. The van der Waals surface area contributed by atoms with Gasteiger partial charge in [0.25, 0.3) is 11.8 Å². The Kier molecular flexibility index (Phi) is 4.97. The van der Waals surface area contributed by atoms with Crippen LogP contribution in [0, 0.1) is 0 Å². The Morgan fingerprint density at radius 2 is 1.88 bits per heavy atom. The maximum absolute atomic E-state index is 12.6. The molecule has 0 bridgehead atoms. The van der Waals surface area contributed by atoms with Gasteiger partial charge in [-0.15, -0.1) is 0 Å². The number of hydrogen-bond acceptors (Lipinski definition) is 4. The highest BCUT2D eigenvalue weighted by molar-refractivity contribution is 6.08. The van der Waals surface area contributed by atoms with Gasteiger partial charge in [-0.2, -0.15) is 0 Å². The summed E-state index contributed by atoms with van der Waals surface area (Å²) >= 11 is 0. The predicted molar refractivity (Wildman–Crippen MR) is 98.1 cm³/mol. The van der Waals surface area contributed by atoms with E-state index in [-0.39, 0.29) is 11.8 Å². The molecular weight excluding hydrogens is 316 g/mol. The van der Waals surface area contributed by atoms with Crippen molar-refractivity contribution in [3.05, 3.63) is 53.7 Å². The van der Waals surface area contributed by atoms with Crippen molar-refractivity contribution >= 4 is 23.3 Å². The van der Waals surface area contributed by atoms with E-state index in [4.69, 9.17) is 0 Å². The number of amides is 2. The Labute approximate surface area is 147 Å². The van der Waals surface area contributed by atoms with E-state index in [0.29, 0.717) is 22.6 Å². The summed E-state index contributed by atoms with van der Waals surface area (Å²) < 4.78 is 0. The third-order valence-electron chi connectivity index (χ3n) is 4.22. The lowest BCUT2D eigenvalue weighted by Gasteiger charge is -2.17. The number of aromatic nitrogens is 1. The highest BCUT2D eigenvalue weighted by atomic mass is 16.2. The van der Waals surface area contributed by atoms with E-state index in [1.165, 1.54) is 0 Å². The smallest absolute Gasteiger partial charge is 0.259 e. The summed E-state index contributed by atoms with van der Waals surface area (Å²) in [6.07, 6.45) is 3.76. The van der Waals surface area contributed by atoms with E-state index in [0.717, 1.165) is 25.9 Å². The van der Waals surface area contributed by atoms with Crippen molar-refractivity contribution in [2.24, 2.45) is 0 Å². The summed E-state index contributed by atoms with van der Waals surface area (Å²) in [6, 6.07) is 10.5. The van der Waals surface area contributed by atoms with Crippen LogP contribution in [0.5, 0.6) is 0 Å². The number of anilines is 2. The van der Waals surface area contributed by atoms with Crippen molar-refractivity contribution in [2.75, 3.05) is 37.4 Å². The van der Waals surface area contributed by atoms with E-state index in [2.05, 4.69) is 10.3 Å². The average Bonchev–Trinajstić information content (AvgIpc) is 3.16. The molecule has 1 N–H and O–H groups in total. The second kappa shape index (κ2) is 7.34. The van der Waals surface area contributed by atoms with Gasteiger partial charge >= 0.3 is 0 Å². The van der Waals surface area contributed by atoms with Crippen molar-refractivity contribution in [3.8, 4) is 0 Å². The SMILES string of the molecule is CN(C)c1ncccc1C(=O)Nc1cccc(C(=O)N2CCCC2)c1. The largest absolute Gasteiger partial charge is 0.362 e. The van der Waals surface area contributed by atoms with Crippen LogP contribution in [0.2, 0.25) is 0 Å². The molecule has 1 aromatic heterocycles. The first kappa shape index (κ1) is 17.0. The molecule has 0 radical (unpaired) electrons. The zero-order valence-corrected chi connectivity index (χ0v) is 14.5. The van der Waals surface area contributed by atoms with Gasteiger partial charge in [0, 0.05) is 44.6 Å². The van der Waals surface area contributed by atoms with Gasteiger partial charge in [0.1, 0.15) is 5.82 Å². The van der Waals surface area contributed by atoms with Crippen LogP contribution in [0.4, 0.5) is 11.5 Å². The van der Waals surface area contributed by atoms with Crippen LogP contribution in [-0.2, 0) is 0 Å². The van der Waals surface area contributed by atoms with E-state index in [1.807, 2.05) is 19.0 Å².